The predicted molar refractivity (Wildman–Crippen MR) is 128 cm³/mol. The molecule has 0 aromatic heterocycles. The largest absolute Gasteiger partial charge is 0.465 e. The van der Waals surface area contributed by atoms with Crippen molar-refractivity contribution in [2.24, 2.45) is 5.92 Å². The Morgan fingerprint density at radius 2 is 1.79 bits per heavy atom. The van der Waals surface area contributed by atoms with Crippen molar-refractivity contribution in [3.8, 4) is 0 Å². The van der Waals surface area contributed by atoms with Crippen molar-refractivity contribution < 1.29 is 23.9 Å². The molecule has 3 aliphatic rings. The summed E-state index contributed by atoms with van der Waals surface area (Å²) in [5.41, 5.74) is 5.05. The number of anilines is 3. The monoisotopic (exact) mass is 463 g/mol. The molecule has 0 spiro atoms. The van der Waals surface area contributed by atoms with Crippen LogP contribution in [0.1, 0.15) is 34.3 Å². The lowest BCUT2D eigenvalue weighted by atomic mass is 10.1. The highest BCUT2D eigenvalue weighted by molar-refractivity contribution is 6.06. The number of hydrogen-bond donors (Lipinski definition) is 1. The Balaban J connectivity index is 1.31. The molecule has 2 amide bonds. The van der Waals surface area contributed by atoms with Crippen LogP contribution in [0, 0.1) is 5.92 Å². The van der Waals surface area contributed by atoms with Gasteiger partial charge in [0.2, 0.25) is 11.8 Å². The standard InChI is InChI=1S/C26H29N3O5/c1-33-26(32)22-15-20(28-9-11-34-12-10-28)7-8-23(22)27-25(31)19-14-24(30)29(16-19)21-6-5-17-3-2-4-18(17)13-21/h5-8,13,15,19H,2-4,9-12,14,16H2,1H3,(H,27,31). The number of fused-ring (bicyclic) bond motifs is 1. The molecular formula is C26H29N3O5. The van der Waals surface area contributed by atoms with Crippen LogP contribution < -0.4 is 15.1 Å². The fourth-order valence-electron chi connectivity index (χ4n) is 5.03. The molecule has 2 saturated heterocycles. The van der Waals surface area contributed by atoms with Crippen LogP contribution in [0.5, 0.6) is 0 Å². The topological polar surface area (TPSA) is 88.2 Å². The molecule has 2 fully saturated rings. The zero-order valence-corrected chi connectivity index (χ0v) is 19.3. The first-order valence-electron chi connectivity index (χ1n) is 11.8. The second kappa shape index (κ2) is 9.46. The van der Waals surface area contributed by atoms with E-state index in [4.69, 9.17) is 9.47 Å². The van der Waals surface area contributed by atoms with Crippen molar-refractivity contribution in [2.75, 3.05) is 55.1 Å². The first-order chi connectivity index (χ1) is 16.5. The summed E-state index contributed by atoms with van der Waals surface area (Å²) in [6, 6.07) is 11.5. The van der Waals surface area contributed by atoms with Crippen LogP contribution in [0.2, 0.25) is 0 Å². The average molecular weight is 464 g/mol. The molecule has 8 nitrogen and oxygen atoms in total. The van der Waals surface area contributed by atoms with Gasteiger partial charge in [-0.15, -0.1) is 0 Å². The Morgan fingerprint density at radius 3 is 2.59 bits per heavy atom. The van der Waals surface area contributed by atoms with Crippen molar-refractivity contribution in [2.45, 2.75) is 25.7 Å². The third-order valence-electron chi connectivity index (χ3n) is 6.93. The molecule has 2 aliphatic heterocycles. The molecule has 2 aromatic rings. The van der Waals surface area contributed by atoms with Crippen molar-refractivity contribution in [1.29, 1.82) is 0 Å². The summed E-state index contributed by atoms with van der Waals surface area (Å²) < 4.78 is 10.4. The van der Waals surface area contributed by atoms with Crippen molar-refractivity contribution in [1.82, 2.24) is 0 Å². The van der Waals surface area contributed by atoms with E-state index in [0.717, 1.165) is 43.7 Å². The minimum atomic E-state index is -0.521. The smallest absolute Gasteiger partial charge is 0.340 e. The summed E-state index contributed by atoms with van der Waals surface area (Å²) in [6.45, 7) is 3.04. The number of carbonyl (C=O) groups is 3. The maximum Gasteiger partial charge on any atom is 0.340 e. The van der Waals surface area contributed by atoms with Gasteiger partial charge >= 0.3 is 5.97 Å². The van der Waals surface area contributed by atoms with Gasteiger partial charge in [-0.2, -0.15) is 0 Å². The lowest BCUT2D eigenvalue weighted by molar-refractivity contribution is -0.122. The van der Waals surface area contributed by atoms with Gasteiger partial charge in [0.25, 0.3) is 0 Å². The van der Waals surface area contributed by atoms with E-state index in [1.807, 2.05) is 12.1 Å². The van der Waals surface area contributed by atoms with Gasteiger partial charge in [-0.25, -0.2) is 4.79 Å². The predicted octanol–water partition coefficient (Wildman–Crippen LogP) is 2.79. The van der Waals surface area contributed by atoms with Gasteiger partial charge in [-0.05, 0) is 60.7 Å². The highest BCUT2D eigenvalue weighted by Gasteiger charge is 2.36. The van der Waals surface area contributed by atoms with E-state index < -0.39 is 11.9 Å². The van der Waals surface area contributed by atoms with Crippen LogP contribution in [-0.4, -0.2) is 57.7 Å². The van der Waals surface area contributed by atoms with Gasteiger partial charge in [-0.3, -0.25) is 9.59 Å². The number of morpholine rings is 1. The van der Waals surface area contributed by atoms with Gasteiger partial charge < -0.3 is 24.6 Å². The van der Waals surface area contributed by atoms with E-state index in [9.17, 15) is 14.4 Å². The minimum Gasteiger partial charge on any atom is -0.465 e. The van der Waals surface area contributed by atoms with E-state index in [1.54, 1.807) is 17.0 Å². The second-order valence-corrected chi connectivity index (χ2v) is 9.02. The molecular weight excluding hydrogens is 434 g/mol. The molecule has 1 unspecified atom stereocenters. The zero-order chi connectivity index (χ0) is 23.7. The molecule has 0 radical (unpaired) electrons. The molecule has 0 bridgehead atoms. The zero-order valence-electron chi connectivity index (χ0n) is 19.3. The van der Waals surface area contributed by atoms with Gasteiger partial charge in [0.1, 0.15) is 0 Å². The SMILES string of the molecule is COC(=O)c1cc(N2CCOCC2)ccc1NC(=O)C1CC(=O)N(c2ccc3c(c2)CCC3)C1. The molecule has 1 N–H and O–H groups in total. The summed E-state index contributed by atoms with van der Waals surface area (Å²) in [5.74, 6) is -1.35. The normalized spacial score (nSPS) is 19.8. The van der Waals surface area contributed by atoms with E-state index >= 15 is 0 Å². The molecule has 0 saturated carbocycles. The number of ether oxygens (including phenoxy) is 2. The fourth-order valence-corrected chi connectivity index (χ4v) is 5.03. The van der Waals surface area contributed by atoms with Crippen LogP contribution in [0.15, 0.2) is 36.4 Å². The third kappa shape index (κ3) is 4.37. The highest BCUT2D eigenvalue weighted by Crippen LogP contribution is 2.32. The van der Waals surface area contributed by atoms with Gasteiger partial charge in [0.15, 0.2) is 0 Å². The Kier molecular flexibility index (Phi) is 6.24. The highest BCUT2D eigenvalue weighted by atomic mass is 16.5. The molecule has 1 atom stereocenters. The van der Waals surface area contributed by atoms with Crippen LogP contribution in [0.25, 0.3) is 0 Å². The summed E-state index contributed by atoms with van der Waals surface area (Å²) in [5, 5.41) is 2.87. The fraction of sp³-hybridized carbons (Fsp3) is 0.423. The molecule has 8 heteroatoms. The van der Waals surface area contributed by atoms with E-state index in [1.165, 1.54) is 18.2 Å². The number of esters is 1. The summed E-state index contributed by atoms with van der Waals surface area (Å²) in [4.78, 5) is 42.2. The number of nitrogens with zero attached hydrogens (tertiary/aromatic N) is 2. The molecule has 2 heterocycles. The lowest BCUT2D eigenvalue weighted by Gasteiger charge is -2.29. The molecule has 34 heavy (non-hydrogen) atoms. The van der Waals surface area contributed by atoms with Gasteiger partial charge in [-0.1, -0.05) is 6.07 Å². The Labute approximate surface area is 198 Å². The van der Waals surface area contributed by atoms with Crippen LogP contribution in [-0.2, 0) is 31.9 Å². The third-order valence-corrected chi connectivity index (χ3v) is 6.93. The minimum absolute atomic E-state index is 0.0612. The maximum absolute atomic E-state index is 13.1. The molecule has 5 rings (SSSR count). The van der Waals surface area contributed by atoms with Crippen molar-refractivity contribution in [3.63, 3.8) is 0 Å². The number of rotatable bonds is 5. The molecule has 1 aliphatic carbocycles. The second-order valence-electron chi connectivity index (χ2n) is 9.02. The average Bonchev–Trinajstić information content (AvgIpc) is 3.50. The Morgan fingerprint density at radius 1 is 1.03 bits per heavy atom. The van der Waals surface area contributed by atoms with Crippen molar-refractivity contribution in [3.05, 3.63) is 53.1 Å². The summed E-state index contributed by atoms with van der Waals surface area (Å²) in [7, 11) is 1.32. The van der Waals surface area contributed by atoms with Crippen LogP contribution in [0.3, 0.4) is 0 Å². The van der Waals surface area contributed by atoms with Gasteiger partial charge in [0, 0.05) is 37.4 Å². The number of aryl methyl sites for hydroxylation is 2. The lowest BCUT2D eigenvalue weighted by Crippen LogP contribution is -2.36. The number of carbonyl (C=O) groups excluding carboxylic acids is 3. The summed E-state index contributed by atoms with van der Waals surface area (Å²) >= 11 is 0. The van der Waals surface area contributed by atoms with E-state index in [2.05, 4.69) is 22.3 Å². The van der Waals surface area contributed by atoms with Gasteiger partial charge in [0.05, 0.1) is 37.5 Å². The van der Waals surface area contributed by atoms with Crippen LogP contribution in [0.4, 0.5) is 17.1 Å². The Hall–Kier alpha value is -3.39. The first-order valence-corrected chi connectivity index (χ1v) is 11.8. The molecule has 178 valence electrons. The number of methoxy groups -OCH3 is 1. The first kappa shape index (κ1) is 22.4. The maximum atomic E-state index is 13.1. The number of hydrogen-bond acceptors (Lipinski definition) is 6. The molecule has 2 aromatic carbocycles. The van der Waals surface area contributed by atoms with E-state index in [0.29, 0.717) is 31.0 Å². The quantitative estimate of drug-likeness (QED) is 0.686. The van der Waals surface area contributed by atoms with Crippen molar-refractivity contribution >= 4 is 34.8 Å². The van der Waals surface area contributed by atoms with Crippen LogP contribution >= 0.6 is 0 Å². The summed E-state index contributed by atoms with van der Waals surface area (Å²) in [6.07, 6.45) is 3.40. The Bertz CT molecular complexity index is 1130. The number of benzene rings is 2. The van der Waals surface area contributed by atoms with E-state index in [-0.39, 0.29) is 18.2 Å². The number of amides is 2. The number of nitrogens with one attached hydrogen (secondary N) is 1.